The van der Waals surface area contributed by atoms with Crippen molar-refractivity contribution in [3.05, 3.63) is 46.0 Å². The van der Waals surface area contributed by atoms with E-state index in [9.17, 15) is 14.3 Å². The molecular weight excluding hydrogens is 437 g/mol. The number of nitrogens with zero attached hydrogens (tertiary/aromatic N) is 5. The third-order valence-electron chi connectivity index (χ3n) is 6.35. The molecule has 0 aliphatic carbocycles. The first-order valence-electron chi connectivity index (χ1n) is 11.2. The van der Waals surface area contributed by atoms with Crippen molar-refractivity contribution >= 4 is 27.6 Å². The Labute approximate surface area is 195 Å². The number of hydrogen-bond donors (Lipinski definition) is 1. The molecule has 0 radical (unpaired) electrons. The highest BCUT2D eigenvalue weighted by Gasteiger charge is 2.26. The summed E-state index contributed by atoms with van der Waals surface area (Å²) in [7, 11) is 3.15. The van der Waals surface area contributed by atoms with E-state index in [1.165, 1.54) is 36.1 Å². The monoisotopic (exact) mass is 461 g/mol. The molecule has 0 saturated carbocycles. The second kappa shape index (κ2) is 8.37. The lowest BCUT2D eigenvalue weighted by Crippen LogP contribution is -2.27. The van der Waals surface area contributed by atoms with E-state index < -0.39 is 11.4 Å². The third kappa shape index (κ3) is 3.34. The number of halogens is 1. The Morgan fingerprint density at radius 2 is 1.85 bits per heavy atom. The van der Waals surface area contributed by atoms with Crippen LogP contribution in [-0.4, -0.2) is 44.6 Å². The fraction of sp³-hybridized carbons (Fsp3) is 0.320. The zero-order chi connectivity index (χ0) is 24.0. The van der Waals surface area contributed by atoms with Gasteiger partial charge in [-0.25, -0.2) is 9.07 Å². The van der Waals surface area contributed by atoms with E-state index in [4.69, 9.17) is 11.2 Å². The van der Waals surface area contributed by atoms with Crippen LogP contribution in [0.15, 0.2) is 29.1 Å². The van der Waals surface area contributed by atoms with E-state index >= 15 is 0 Å². The number of phenols is 1. The van der Waals surface area contributed by atoms with Gasteiger partial charge in [0.25, 0.3) is 5.56 Å². The molecule has 9 heteroatoms. The zero-order valence-corrected chi connectivity index (χ0v) is 19.0. The number of hydrogen-bond acceptors (Lipinski definition) is 6. The number of ether oxygens (including phenoxy) is 1. The molecule has 34 heavy (non-hydrogen) atoms. The SMILES string of the molecule is C#Cc1c(F)ccc2cc(O)cc(-n3c(=O)c4c(N5CCCCCC5)nc(OC)nc4n3C)c12. The highest BCUT2D eigenvalue weighted by molar-refractivity contribution is 5.97. The van der Waals surface area contributed by atoms with Crippen LogP contribution >= 0.6 is 0 Å². The quantitative estimate of drug-likeness (QED) is 0.470. The Hall–Kier alpha value is -4.06. The van der Waals surface area contributed by atoms with Crippen LogP contribution in [0.2, 0.25) is 0 Å². The molecule has 1 N–H and O–H groups in total. The first kappa shape index (κ1) is 21.8. The lowest BCUT2D eigenvalue weighted by molar-refractivity contribution is 0.381. The molecule has 0 bridgehead atoms. The maximum atomic E-state index is 14.6. The molecule has 1 aliphatic rings. The van der Waals surface area contributed by atoms with Gasteiger partial charge in [-0.1, -0.05) is 24.8 Å². The maximum absolute atomic E-state index is 14.6. The summed E-state index contributed by atoms with van der Waals surface area (Å²) in [5.74, 6) is 2.24. The first-order chi connectivity index (χ1) is 16.4. The first-order valence-corrected chi connectivity index (χ1v) is 11.2. The summed E-state index contributed by atoms with van der Waals surface area (Å²) in [4.78, 5) is 25.0. The molecule has 0 atom stereocenters. The van der Waals surface area contributed by atoms with Gasteiger partial charge < -0.3 is 14.7 Å². The number of aryl methyl sites for hydroxylation is 1. The van der Waals surface area contributed by atoms with E-state index in [0.717, 1.165) is 38.8 Å². The zero-order valence-electron chi connectivity index (χ0n) is 19.0. The molecule has 0 amide bonds. The molecule has 3 heterocycles. The van der Waals surface area contributed by atoms with Crippen molar-refractivity contribution in [3.8, 4) is 29.8 Å². The van der Waals surface area contributed by atoms with Gasteiger partial charge in [0, 0.05) is 31.6 Å². The number of aromatic nitrogens is 4. The molecule has 174 valence electrons. The number of benzene rings is 2. The summed E-state index contributed by atoms with van der Waals surface area (Å²) in [5.41, 5.74) is 0.250. The lowest BCUT2D eigenvalue weighted by atomic mass is 10.0. The van der Waals surface area contributed by atoms with E-state index in [1.807, 2.05) is 0 Å². The van der Waals surface area contributed by atoms with Gasteiger partial charge in [0.05, 0.1) is 18.4 Å². The molecule has 0 spiro atoms. The van der Waals surface area contributed by atoms with Crippen LogP contribution in [0.1, 0.15) is 31.2 Å². The van der Waals surface area contributed by atoms with Gasteiger partial charge in [-0.15, -0.1) is 6.42 Å². The second-order valence-corrected chi connectivity index (χ2v) is 8.40. The molecule has 4 aromatic rings. The average molecular weight is 461 g/mol. The minimum atomic E-state index is -0.583. The van der Waals surface area contributed by atoms with Gasteiger partial charge in [0.15, 0.2) is 11.5 Å². The van der Waals surface area contributed by atoms with E-state index in [2.05, 4.69) is 20.8 Å². The van der Waals surface area contributed by atoms with Crippen LogP contribution in [0.4, 0.5) is 10.2 Å². The number of fused-ring (bicyclic) bond motifs is 2. The van der Waals surface area contributed by atoms with Gasteiger partial charge in [-0.05, 0) is 30.4 Å². The average Bonchev–Trinajstić information content (AvgIpc) is 3.00. The Kier molecular flexibility index (Phi) is 5.36. The summed E-state index contributed by atoms with van der Waals surface area (Å²) in [6.45, 7) is 1.54. The van der Waals surface area contributed by atoms with Crippen molar-refractivity contribution in [1.29, 1.82) is 0 Å². The predicted octanol–water partition coefficient (Wildman–Crippen LogP) is 3.49. The summed E-state index contributed by atoms with van der Waals surface area (Å²) >= 11 is 0. The van der Waals surface area contributed by atoms with Gasteiger partial charge in [-0.3, -0.25) is 9.48 Å². The fourth-order valence-electron chi connectivity index (χ4n) is 4.76. The van der Waals surface area contributed by atoms with Crippen LogP contribution in [0, 0.1) is 18.2 Å². The summed E-state index contributed by atoms with van der Waals surface area (Å²) in [5, 5.41) is 11.6. The third-order valence-corrected chi connectivity index (χ3v) is 6.35. The predicted molar refractivity (Wildman–Crippen MR) is 128 cm³/mol. The Morgan fingerprint density at radius 3 is 2.53 bits per heavy atom. The smallest absolute Gasteiger partial charge is 0.320 e. The van der Waals surface area contributed by atoms with Crippen LogP contribution in [0.5, 0.6) is 11.8 Å². The van der Waals surface area contributed by atoms with Gasteiger partial charge in [0.1, 0.15) is 17.0 Å². The van der Waals surface area contributed by atoms with Crippen molar-refractivity contribution in [1.82, 2.24) is 19.3 Å². The van der Waals surface area contributed by atoms with Gasteiger partial charge in [0.2, 0.25) is 0 Å². The molecule has 1 saturated heterocycles. The van der Waals surface area contributed by atoms with Crippen LogP contribution in [0.25, 0.3) is 27.5 Å². The molecule has 5 rings (SSSR count). The highest BCUT2D eigenvalue weighted by Crippen LogP contribution is 2.33. The summed E-state index contributed by atoms with van der Waals surface area (Å²) in [6.07, 6.45) is 9.87. The molecule has 1 fully saturated rings. The minimum Gasteiger partial charge on any atom is -0.508 e. The van der Waals surface area contributed by atoms with Gasteiger partial charge in [-0.2, -0.15) is 9.97 Å². The number of rotatable bonds is 3. The molecule has 8 nitrogen and oxygen atoms in total. The molecule has 0 unspecified atom stereocenters. The van der Waals surface area contributed by atoms with E-state index in [1.54, 1.807) is 11.7 Å². The number of aromatic hydroxyl groups is 1. The van der Waals surface area contributed by atoms with Crippen LogP contribution < -0.4 is 15.2 Å². The van der Waals surface area contributed by atoms with Crippen molar-refractivity contribution in [2.24, 2.45) is 7.05 Å². The van der Waals surface area contributed by atoms with Crippen LogP contribution in [0.3, 0.4) is 0 Å². The number of methoxy groups -OCH3 is 1. The summed E-state index contributed by atoms with van der Waals surface area (Å²) < 4.78 is 22.9. The molecule has 2 aromatic heterocycles. The van der Waals surface area contributed by atoms with Crippen LogP contribution in [-0.2, 0) is 7.05 Å². The van der Waals surface area contributed by atoms with Gasteiger partial charge >= 0.3 is 6.01 Å². The standard InChI is InChI=1S/C25H24FN5O3/c1-4-17-18(26)10-9-15-13-16(32)14-19(20(15)17)31-24(33)21-22(29(31)2)27-25(34-3)28-23(21)30-11-7-5-6-8-12-30/h1,9-10,13-14,32H,5-8,11-12H2,2-3H3. The number of terminal acetylenes is 1. The van der Waals surface area contributed by atoms with Crippen molar-refractivity contribution in [2.45, 2.75) is 25.7 Å². The van der Waals surface area contributed by atoms with E-state index in [-0.39, 0.29) is 23.0 Å². The number of phenolic OH excluding ortho intramolecular Hbond substituents is 1. The normalized spacial score (nSPS) is 14.4. The van der Waals surface area contributed by atoms with Crippen molar-refractivity contribution < 1.29 is 14.2 Å². The molecule has 1 aliphatic heterocycles. The highest BCUT2D eigenvalue weighted by atomic mass is 19.1. The fourth-order valence-corrected chi connectivity index (χ4v) is 4.76. The van der Waals surface area contributed by atoms with E-state index in [0.29, 0.717) is 27.6 Å². The Bertz CT molecular complexity index is 1520. The Balaban J connectivity index is 1.88. The molecular formula is C25H24FN5O3. The second-order valence-electron chi connectivity index (χ2n) is 8.40. The topological polar surface area (TPSA) is 85.4 Å². The Morgan fingerprint density at radius 1 is 1.12 bits per heavy atom. The molecule has 2 aromatic carbocycles. The largest absolute Gasteiger partial charge is 0.508 e. The van der Waals surface area contributed by atoms with Crippen molar-refractivity contribution in [2.75, 3.05) is 25.1 Å². The van der Waals surface area contributed by atoms with Crippen molar-refractivity contribution in [3.63, 3.8) is 0 Å². The number of anilines is 1. The lowest BCUT2D eigenvalue weighted by Gasteiger charge is -2.21. The maximum Gasteiger partial charge on any atom is 0.320 e. The minimum absolute atomic E-state index is 0.0149. The summed E-state index contributed by atoms with van der Waals surface area (Å²) in [6, 6.07) is 5.81.